The van der Waals surface area contributed by atoms with Crippen LogP contribution in [0, 0.1) is 5.41 Å². The van der Waals surface area contributed by atoms with Crippen LogP contribution in [0.4, 0.5) is 0 Å². The molecule has 1 unspecified atom stereocenters. The number of nitrogens with two attached hydrogens (primary N) is 1. The van der Waals surface area contributed by atoms with Crippen LogP contribution in [-0.4, -0.2) is 28.2 Å². The van der Waals surface area contributed by atoms with Gasteiger partial charge in [0.1, 0.15) is 5.60 Å². The molecule has 0 fully saturated rings. The highest BCUT2D eigenvalue weighted by atomic mass is 32.2. The van der Waals surface area contributed by atoms with E-state index in [1.165, 1.54) is 11.9 Å². The number of aliphatic hydroxyl groups is 1. The second kappa shape index (κ2) is 5.93. The molecule has 0 saturated heterocycles. The van der Waals surface area contributed by atoms with Gasteiger partial charge in [-0.1, -0.05) is 49.2 Å². The van der Waals surface area contributed by atoms with Crippen LogP contribution in [0.25, 0.3) is 0 Å². The normalized spacial score (nSPS) is 14.1. The number of guanidine groups is 1. The van der Waals surface area contributed by atoms with Gasteiger partial charge >= 0.3 is 0 Å². The highest BCUT2D eigenvalue weighted by Crippen LogP contribution is 2.27. The maximum absolute atomic E-state index is 10.6. The van der Waals surface area contributed by atoms with Crippen LogP contribution in [-0.2, 0) is 5.60 Å². The molecule has 0 aliphatic heterocycles. The Morgan fingerprint density at radius 3 is 2.47 bits per heavy atom. The SMILES string of the molecule is CCC(O)(CN(SC)C(=N)N)c1ccccc1. The van der Waals surface area contributed by atoms with E-state index in [1.807, 2.05) is 43.5 Å². The van der Waals surface area contributed by atoms with E-state index in [0.717, 1.165) is 5.56 Å². The molecule has 0 aliphatic rings. The highest BCUT2D eigenvalue weighted by Gasteiger charge is 2.30. The summed E-state index contributed by atoms with van der Waals surface area (Å²) in [6.45, 7) is 2.23. The molecule has 1 aromatic rings. The lowest BCUT2D eigenvalue weighted by Crippen LogP contribution is -2.42. The summed E-state index contributed by atoms with van der Waals surface area (Å²) in [5.41, 5.74) is 5.34. The second-order valence-electron chi connectivity index (χ2n) is 3.86. The van der Waals surface area contributed by atoms with Gasteiger partial charge in [0.2, 0.25) is 0 Å². The minimum Gasteiger partial charge on any atom is -0.383 e. The number of hydrogen-bond acceptors (Lipinski definition) is 3. The van der Waals surface area contributed by atoms with Crippen molar-refractivity contribution < 1.29 is 5.11 Å². The van der Waals surface area contributed by atoms with Crippen molar-refractivity contribution in [3.05, 3.63) is 35.9 Å². The summed E-state index contributed by atoms with van der Waals surface area (Å²) in [5.74, 6) is -0.0414. The number of rotatable bonds is 5. The first-order chi connectivity index (χ1) is 8.03. The van der Waals surface area contributed by atoms with E-state index in [9.17, 15) is 5.11 Å². The zero-order valence-corrected chi connectivity index (χ0v) is 11.0. The van der Waals surface area contributed by atoms with Gasteiger partial charge in [0.25, 0.3) is 0 Å². The summed E-state index contributed by atoms with van der Waals surface area (Å²) in [5, 5.41) is 18.1. The lowest BCUT2D eigenvalue weighted by Gasteiger charge is -2.32. The van der Waals surface area contributed by atoms with Gasteiger partial charge in [-0.15, -0.1) is 0 Å². The maximum atomic E-state index is 10.6. The van der Waals surface area contributed by atoms with Crippen molar-refractivity contribution in [3.8, 4) is 0 Å². The van der Waals surface area contributed by atoms with Gasteiger partial charge in [-0.05, 0) is 12.0 Å². The quantitative estimate of drug-likeness (QED) is 0.425. The molecule has 0 bridgehead atoms. The summed E-state index contributed by atoms with van der Waals surface area (Å²) in [7, 11) is 0. The Morgan fingerprint density at radius 2 is 2.06 bits per heavy atom. The molecule has 1 atom stereocenters. The summed E-state index contributed by atoms with van der Waals surface area (Å²) in [6.07, 6.45) is 2.41. The molecule has 94 valence electrons. The topological polar surface area (TPSA) is 73.3 Å². The molecule has 0 aromatic heterocycles. The number of nitrogens with one attached hydrogen (secondary N) is 1. The minimum absolute atomic E-state index is 0.0414. The fraction of sp³-hybridized carbons (Fsp3) is 0.417. The van der Waals surface area contributed by atoms with Crippen molar-refractivity contribution in [2.45, 2.75) is 18.9 Å². The number of benzene rings is 1. The van der Waals surface area contributed by atoms with Crippen LogP contribution in [0.15, 0.2) is 30.3 Å². The van der Waals surface area contributed by atoms with Gasteiger partial charge in [-0.3, -0.25) is 9.71 Å². The maximum Gasteiger partial charge on any atom is 0.198 e. The Hall–Kier alpha value is -1.20. The molecule has 1 rings (SSSR count). The molecular weight excluding hydrogens is 234 g/mol. The smallest absolute Gasteiger partial charge is 0.198 e. The third-order valence-corrected chi connectivity index (χ3v) is 3.56. The molecule has 0 aliphatic carbocycles. The molecule has 0 spiro atoms. The van der Waals surface area contributed by atoms with Gasteiger partial charge in [-0.2, -0.15) is 0 Å². The molecule has 0 saturated carbocycles. The van der Waals surface area contributed by atoms with E-state index in [-0.39, 0.29) is 5.96 Å². The summed E-state index contributed by atoms with van der Waals surface area (Å²) >= 11 is 1.34. The van der Waals surface area contributed by atoms with Crippen molar-refractivity contribution in [1.29, 1.82) is 5.41 Å². The van der Waals surface area contributed by atoms with Crippen LogP contribution in [0.1, 0.15) is 18.9 Å². The summed E-state index contributed by atoms with van der Waals surface area (Å²) in [4.78, 5) is 0. The Kier molecular flexibility index (Phi) is 4.84. The molecule has 0 radical (unpaired) electrons. The Labute approximate surface area is 106 Å². The molecule has 17 heavy (non-hydrogen) atoms. The lowest BCUT2D eigenvalue weighted by molar-refractivity contribution is 0.0253. The Bertz CT molecular complexity index is 371. The van der Waals surface area contributed by atoms with Crippen LogP contribution in [0.5, 0.6) is 0 Å². The van der Waals surface area contributed by atoms with Crippen molar-refractivity contribution >= 4 is 17.9 Å². The third-order valence-electron chi connectivity index (χ3n) is 2.79. The van der Waals surface area contributed by atoms with Crippen molar-refractivity contribution in [3.63, 3.8) is 0 Å². The van der Waals surface area contributed by atoms with Gasteiger partial charge < -0.3 is 10.8 Å². The van der Waals surface area contributed by atoms with E-state index in [2.05, 4.69) is 0 Å². The molecule has 4 nitrogen and oxygen atoms in total. The van der Waals surface area contributed by atoms with E-state index in [0.29, 0.717) is 13.0 Å². The molecule has 5 heteroatoms. The fourth-order valence-corrected chi connectivity index (χ4v) is 2.18. The highest BCUT2D eigenvalue weighted by molar-refractivity contribution is 7.96. The minimum atomic E-state index is -0.976. The average Bonchev–Trinajstić information content (AvgIpc) is 2.36. The first kappa shape index (κ1) is 13.9. The predicted octanol–water partition coefficient (Wildman–Crippen LogP) is 1.76. The summed E-state index contributed by atoms with van der Waals surface area (Å²) in [6, 6.07) is 9.49. The van der Waals surface area contributed by atoms with Crippen molar-refractivity contribution in [2.24, 2.45) is 5.73 Å². The first-order valence-electron chi connectivity index (χ1n) is 5.47. The average molecular weight is 253 g/mol. The van der Waals surface area contributed by atoms with E-state index in [1.54, 1.807) is 4.31 Å². The van der Waals surface area contributed by atoms with Gasteiger partial charge in [0.15, 0.2) is 5.96 Å². The molecular formula is C12H19N3OS. The van der Waals surface area contributed by atoms with Crippen LogP contribution >= 0.6 is 11.9 Å². The monoisotopic (exact) mass is 253 g/mol. The zero-order valence-electron chi connectivity index (χ0n) is 10.2. The predicted molar refractivity (Wildman–Crippen MR) is 72.8 cm³/mol. The zero-order chi connectivity index (χ0) is 12.9. The second-order valence-corrected chi connectivity index (χ2v) is 4.66. The van der Waals surface area contributed by atoms with Crippen molar-refractivity contribution in [1.82, 2.24) is 4.31 Å². The standard InChI is InChI=1S/C12H19N3OS/c1-3-12(16,9-15(17-2)11(13)14)10-7-5-4-6-8-10/h4-8,16H,3,9H2,1-2H3,(H3,13,14). The third kappa shape index (κ3) is 3.38. The molecule has 4 N–H and O–H groups in total. The van der Waals surface area contributed by atoms with E-state index < -0.39 is 5.60 Å². The first-order valence-corrected chi connectivity index (χ1v) is 6.65. The van der Waals surface area contributed by atoms with Crippen LogP contribution in [0.2, 0.25) is 0 Å². The number of hydrogen-bond donors (Lipinski definition) is 3. The van der Waals surface area contributed by atoms with Gasteiger partial charge in [-0.25, -0.2) is 0 Å². The Morgan fingerprint density at radius 1 is 1.47 bits per heavy atom. The van der Waals surface area contributed by atoms with Crippen LogP contribution in [0.3, 0.4) is 0 Å². The largest absolute Gasteiger partial charge is 0.383 e. The fourth-order valence-electron chi connectivity index (χ4n) is 1.64. The lowest BCUT2D eigenvalue weighted by atomic mass is 9.91. The van der Waals surface area contributed by atoms with Crippen LogP contribution < -0.4 is 5.73 Å². The Balaban J connectivity index is 2.93. The number of nitrogens with zero attached hydrogens (tertiary/aromatic N) is 1. The molecule has 0 amide bonds. The van der Waals surface area contributed by atoms with Gasteiger partial charge in [0, 0.05) is 6.26 Å². The van der Waals surface area contributed by atoms with Crippen molar-refractivity contribution in [2.75, 3.05) is 12.8 Å². The molecule has 0 heterocycles. The van der Waals surface area contributed by atoms with Gasteiger partial charge in [0.05, 0.1) is 6.54 Å². The molecule has 1 aromatic carbocycles. The van der Waals surface area contributed by atoms with E-state index >= 15 is 0 Å². The van der Waals surface area contributed by atoms with E-state index in [4.69, 9.17) is 11.1 Å². The summed E-state index contributed by atoms with van der Waals surface area (Å²) < 4.78 is 1.58.